The minimum atomic E-state index is -0.615. The van der Waals surface area contributed by atoms with E-state index in [-0.39, 0.29) is 17.4 Å². The molecule has 1 heterocycles. The molecule has 0 saturated heterocycles. The van der Waals surface area contributed by atoms with E-state index in [1.54, 1.807) is 6.07 Å². The van der Waals surface area contributed by atoms with Gasteiger partial charge in [0, 0.05) is 12.1 Å². The van der Waals surface area contributed by atoms with Crippen molar-refractivity contribution in [3.63, 3.8) is 0 Å². The Balaban J connectivity index is 2.23. The van der Waals surface area contributed by atoms with Gasteiger partial charge in [-0.2, -0.15) is 5.26 Å². The number of nitrogens with one attached hydrogen (secondary N) is 1. The fourth-order valence-corrected chi connectivity index (χ4v) is 1.81. The molecule has 0 aliphatic rings. The van der Waals surface area contributed by atoms with Crippen LogP contribution in [0.3, 0.4) is 0 Å². The van der Waals surface area contributed by atoms with Crippen LogP contribution in [0.5, 0.6) is 0 Å². The predicted molar refractivity (Wildman–Crippen MR) is 74.1 cm³/mol. The van der Waals surface area contributed by atoms with Crippen molar-refractivity contribution >= 4 is 11.5 Å². The lowest BCUT2D eigenvalue weighted by molar-refractivity contribution is -0.385. The van der Waals surface area contributed by atoms with Gasteiger partial charge in [0.05, 0.1) is 4.92 Å². The van der Waals surface area contributed by atoms with Gasteiger partial charge in [0.1, 0.15) is 11.9 Å². The maximum Gasteiger partial charge on any atom is 0.305 e. The van der Waals surface area contributed by atoms with E-state index in [9.17, 15) is 10.1 Å². The molecule has 2 rings (SSSR count). The number of nitriles is 1. The van der Waals surface area contributed by atoms with E-state index in [4.69, 9.17) is 5.26 Å². The van der Waals surface area contributed by atoms with Crippen molar-refractivity contribution in [2.24, 2.45) is 0 Å². The molecule has 0 spiro atoms. The average Bonchev–Trinajstić information content (AvgIpc) is 2.47. The Hall–Kier alpha value is -2.94. The third kappa shape index (κ3) is 2.90. The maximum absolute atomic E-state index is 10.7. The molecule has 0 radical (unpaired) electrons. The Kier molecular flexibility index (Phi) is 3.91. The molecule has 100 valence electrons. The van der Waals surface area contributed by atoms with E-state index in [1.807, 2.05) is 37.3 Å². The Labute approximate surface area is 115 Å². The number of hydrogen-bond donors (Lipinski definition) is 1. The molecule has 0 saturated carbocycles. The van der Waals surface area contributed by atoms with Crippen molar-refractivity contribution in [1.82, 2.24) is 4.98 Å². The van der Waals surface area contributed by atoms with Gasteiger partial charge in [0.15, 0.2) is 0 Å². The quantitative estimate of drug-likeness (QED) is 0.679. The topological polar surface area (TPSA) is 91.9 Å². The highest BCUT2D eigenvalue weighted by Gasteiger charge is 2.16. The van der Waals surface area contributed by atoms with Crippen LogP contribution in [0.4, 0.5) is 11.5 Å². The van der Waals surface area contributed by atoms with E-state index in [0.717, 1.165) is 5.56 Å². The molecular formula is C14H12N4O2. The zero-order valence-corrected chi connectivity index (χ0v) is 10.8. The highest BCUT2D eigenvalue weighted by atomic mass is 16.6. The second-order valence-electron chi connectivity index (χ2n) is 4.21. The molecule has 20 heavy (non-hydrogen) atoms. The summed E-state index contributed by atoms with van der Waals surface area (Å²) in [6.45, 7) is 1.95. The molecule has 0 amide bonds. The van der Waals surface area contributed by atoms with Gasteiger partial charge in [-0.1, -0.05) is 30.3 Å². The first kappa shape index (κ1) is 13.5. The van der Waals surface area contributed by atoms with Gasteiger partial charge < -0.3 is 5.32 Å². The van der Waals surface area contributed by atoms with Crippen LogP contribution in [0.25, 0.3) is 0 Å². The highest BCUT2D eigenvalue weighted by molar-refractivity contribution is 5.51. The average molecular weight is 268 g/mol. The van der Waals surface area contributed by atoms with Gasteiger partial charge in [-0.25, -0.2) is 4.98 Å². The third-order valence-electron chi connectivity index (χ3n) is 2.84. The molecule has 0 aliphatic heterocycles. The highest BCUT2D eigenvalue weighted by Crippen LogP contribution is 2.21. The van der Waals surface area contributed by atoms with E-state index in [1.165, 1.54) is 12.1 Å². The fraction of sp³-hybridized carbons (Fsp3) is 0.143. The summed E-state index contributed by atoms with van der Waals surface area (Å²) in [7, 11) is 0. The number of pyridine rings is 1. The lowest BCUT2D eigenvalue weighted by Gasteiger charge is -2.14. The van der Waals surface area contributed by atoms with Crippen molar-refractivity contribution in [3.05, 3.63) is 63.8 Å². The zero-order valence-electron chi connectivity index (χ0n) is 10.8. The minimum absolute atomic E-state index is 0.0169. The molecular weight excluding hydrogens is 256 g/mol. The van der Waals surface area contributed by atoms with Gasteiger partial charge in [-0.05, 0) is 18.6 Å². The van der Waals surface area contributed by atoms with Gasteiger partial charge in [0.25, 0.3) is 0 Å². The van der Waals surface area contributed by atoms with E-state index in [0.29, 0.717) is 5.82 Å². The van der Waals surface area contributed by atoms with Gasteiger partial charge in [-0.15, -0.1) is 0 Å². The van der Waals surface area contributed by atoms with Crippen LogP contribution in [0.15, 0.2) is 42.5 Å². The first-order valence-corrected chi connectivity index (χ1v) is 5.99. The van der Waals surface area contributed by atoms with Crippen LogP contribution in [-0.4, -0.2) is 9.91 Å². The van der Waals surface area contributed by atoms with Crippen LogP contribution in [0.2, 0.25) is 0 Å². The monoisotopic (exact) mass is 268 g/mol. The lowest BCUT2D eigenvalue weighted by atomic mass is 10.1. The first-order valence-electron chi connectivity index (χ1n) is 5.99. The molecule has 0 aliphatic carbocycles. The normalized spacial score (nSPS) is 11.4. The van der Waals surface area contributed by atoms with Crippen molar-refractivity contribution < 1.29 is 4.92 Å². The Morgan fingerprint density at radius 2 is 2.00 bits per heavy atom. The maximum atomic E-state index is 10.7. The van der Waals surface area contributed by atoms with Crippen LogP contribution < -0.4 is 5.32 Å². The summed E-state index contributed by atoms with van der Waals surface area (Å²) in [6, 6.07) is 14.2. The number of rotatable bonds is 4. The molecule has 1 N–H and O–H groups in total. The molecule has 1 atom stereocenters. The van der Waals surface area contributed by atoms with Gasteiger partial charge >= 0.3 is 5.69 Å². The standard InChI is InChI=1S/C14H12N4O2/c1-10(11-5-3-2-4-6-11)16-14-8-7-13(18(19)20)12(9-15)17-14/h2-8,10H,1H3,(H,16,17). The van der Waals surface area contributed by atoms with Crippen molar-refractivity contribution in [3.8, 4) is 6.07 Å². The van der Waals surface area contributed by atoms with Crippen LogP contribution in [0, 0.1) is 21.4 Å². The van der Waals surface area contributed by atoms with Gasteiger partial charge in [0.2, 0.25) is 5.69 Å². The SMILES string of the molecule is CC(Nc1ccc([N+](=O)[O-])c(C#N)n1)c1ccccc1. The molecule has 0 bridgehead atoms. The molecule has 0 fully saturated rings. The third-order valence-corrected chi connectivity index (χ3v) is 2.84. The Morgan fingerprint density at radius 3 is 2.60 bits per heavy atom. The second-order valence-corrected chi connectivity index (χ2v) is 4.21. The summed E-state index contributed by atoms with van der Waals surface area (Å²) in [6.07, 6.45) is 0. The molecule has 6 heteroatoms. The van der Waals surface area contributed by atoms with Crippen LogP contribution in [-0.2, 0) is 0 Å². The number of hydrogen-bond acceptors (Lipinski definition) is 5. The first-order chi connectivity index (χ1) is 9.61. The van der Waals surface area contributed by atoms with E-state index >= 15 is 0 Å². The molecule has 1 aromatic carbocycles. The summed E-state index contributed by atoms with van der Waals surface area (Å²) in [4.78, 5) is 14.1. The molecule has 2 aromatic rings. The minimum Gasteiger partial charge on any atom is -0.364 e. The summed E-state index contributed by atoms with van der Waals surface area (Å²) in [5.41, 5.74) is 0.580. The van der Waals surface area contributed by atoms with Crippen LogP contribution >= 0.6 is 0 Å². The zero-order chi connectivity index (χ0) is 14.5. The van der Waals surface area contributed by atoms with Crippen molar-refractivity contribution in [2.75, 3.05) is 5.32 Å². The van der Waals surface area contributed by atoms with E-state index < -0.39 is 4.92 Å². The summed E-state index contributed by atoms with van der Waals surface area (Å²) in [5.74, 6) is 0.434. The number of nitro groups is 1. The van der Waals surface area contributed by atoms with Crippen LogP contribution in [0.1, 0.15) is 24.2 Å². The smallest absolute Gasteiger partial charge is 0.305 e. The molecule has 1 unspecified atom stereocenters. The predicted octanol–water partition coefficient (Wildman–Crippen LogP) is 3.03. The Morgan fingerprint density at radius 1 is 1.30 bits per heavy atom. The number of aromatic nitrogens is 1. The largest absolute Gasteiger partial charge is 0.364 e. The fourth-order valence-electron chi connectivity index (χ4n) is 1.81. The van der Waals surface area contributed by atoms with Crippen molar-refractivity contribution in [2.45, 2.75) is 13.0 Å². The van der Waals surface area contributed by atoms with Crippen molar-refractivity contribution in [1.29, 1.82) is 5.26 Å². The van der Waals surface area contributed by atoms with E-state index in [2.05, 4.69) is 10.3 Å². The molecule has 6 nitrogen and oxygen atoms in total. The summed E-state index contributed by atoms with van der Waals surface area (Å²) in [5, 5.41) is 22.7. The number of benzene rings is 1. The Bertz CT molecular complexity index is 665. The summed E-state index contributed by atoms with van der Waals surface area (Å²) >= 11 is 0. The second kappa shape index (κ2) is 5.80. The summed E-state index contributed by atoms with van der Waals surface area (Å²) < 4.78 is 0. The lowest BCUT2D eigenvalue weighted by Crippen LogP contribution is -2.08. The number of nitrogens with zero attached hydrogens (tertiary/aromatic N) is 3. The van der Waals surface area contributed by atoms with Gasteiger partial charge in [-0.3, -0.25) is 10.1 Å². The molecule has 1 aromatic heterocycles. The number of anilines is 1.